The average molecular weight is 428 g/mol. The average Bonchev–Trinajstić information content (AvgIpc) is 3.46. The molecular weight excluding hydrogens is 402 g/mol. The van der Waals surface area contributed by atoms with Crippen molar-refractivity contribution in [3.05, 3.63) is 72.4 Å². The summed E-state index contributed by atoms with van der Waals surface area (Å²) in [6.07, 6.45) is 6.20. The molecule has 8 heteroatoms. The maximum Gasteiger partial charge on any atom is 0.234 e. The number of nitrogens with one attached hydrogen (secondary N) is 2. The molecule has 0 bridgehead atoms. The predicted octanol–water partition coefficient (Wildman–Crippen LogP) is 2.91. The summed E-state index contributed by atoms with van der Waals surface area (Å²) in [5.74, 6) is 1.52. The van der Waals surface area contributed by atoms with E-state index in [-0.39, 0.29) is 11.9 Å². The standard InChI is InChI=1S/C24H25N7O/c32-23(26-14-11-22-28-17-6-1-2-7-18(17)29-22)16-31-15-5-9-21(31)19-10-13-27-24(30-19)20-8-3-4-12-25-20/h1-4,6-8,10,12-13,21H,5,9,11,14-16H2,(H,26,32)(H,28,29)/t21-/m0/s1. The number of aromatic nitrogens is 5. The van der Waals surface area contributed by atoms with Crippen molar-refractivity contribution in [3.63, 3.8) is 0 Å². The Labute approximate surface area is 186 Å². The number of hydrogen-bond acceptors (Lipinski definition) is 6. The van der Waals surface area contributed by atoms with Crippen molar-refractivity contribution < 1.29 is 4.79 Å². The van der Waals surface area contributed by atoms with Crippen LogP contribution in [0.4, 0.5) is 0 Å². The van der Waals surface area contributed by atoms with Crippen molar-refractivity contribution >= 4 is 16.9 Å². The molecule has 4 heterocycles. The van der Waals surface area contributed by atoms with Crippen molar-refractivity contribution in [2.24, 2.45) is 0 Å². The van der Waals surface area contributed by atoms with E-state index in [0.29, 0.717) is 25.3 Å². The van der Waals surface area contributed by atoms with E-state index in [1.165, 1.54) is 0 Å². The van der Waals surface area contributed by atoms with E-state index >= 15 is 0 Å². The topological polar surface area (TPSA) is 99.7 Å². The molecule has 0 radical (unpaired) electrons. The Bertz CT molecular complexity index is 1170. The van der Waals surface area contributed by atoms with Crippen molar-refractivity contribution in [2.45, 2.75) is 25.3 Å². The minimum Gasteiger partial charge on any atom is -0.355 e. The third-order valence-corrected chi connectivity index (χ3v) is 5.75. The van der Waals surface area contributed by atoms with Crippen LogP contribution in [0.3, 0.4) is 0 Å². The first-order chi connectivity index (χ1) is 15.8. The molecule has 1 fully saturated rings. The lowest BCUT2D eigenvalue weighted by Crippen LogP contribution is -2.38. The van der Waals surface area contributed by atoms with Crippen molar-refractivity contribution in [3.8, 4) is 11.5 Å². The van der Waals surface area contributed by atoms with Gasteiger partial charge in [-0.05, 0) is 49.7 Å². The number of amides is 1. The molecule has 1 aromatic carbocycles. The summed E-state index contributed by atoms with van der Waals surface area (Å²) < 4.78 is 0. The molecule has 1 aliphatic rings. The quantitative estimate of drug-likeness (QED) is 0.470. The lowest BCUT2D eigenvalue weighted by molar-refractivity contribution is -0.122. The number of pyridine rings is 1. The fourth-order valence-corrected chi connectivity index (χ4v) is 4.21. The second-order valence-corrected chi connectivity index (χ2v) is 7.95. The van der Waals surface area contributed by atoms with Crippen molar-refractivity contribution in [1.29, 1.82) is 0 Å². The first-order valence-corrected chi connectivity index (χ1v) is 10.9. The second kappa shape index (κ2) is 9.23. The highest BCUT2D eigenvalue weighted by Gasteiger charge is 2.29. The van der Waals surface area contributed by atoms with E-state index in [4.69, 9.17) is 4.98 Å². The zero-order valence-electron chi connectivity index (χ0n) is 17.7. The van der Waals surface area contributed by atoms with Crippen LogP contribution in [-0.4, -0.2) is 55.4 Å². The molecule has 32 heavy (non-hydrogen) atoms. The Hall–Kier alpha value is -3.65. The zero-order chi connectivity index (χ0) is 21.8. The number of carbonyl (C=O) groups excluding carboxylic acids is 1. The highest BCUT2D eigenvalue weighted by molar-refractivity contribution is 5.78. The van der Waals surface area contributed by atoms with Gasteiger partial charge in [-0.2, -0.15) is 0 Å². The van der Waals surface area contributed by atoms with Gasteiger partial charge in [-0.25, -0.2) is 15.0 Å². The molecule has 8 nitrogen and oxygen atoms in total. The Morgan fingerprint density at radius 2 is 1.97 bits per heavy atom. The van der Waals surface area contributed by atoms with Crippen LogP contribution in [0, 0.1) is 0 Å². The second-order valence-electron chi connectivity index (χ2n) is 7.95. The van der Waals surface area contributed by atoms with E-state index in [0.717, 1.165) is 47.6 Å². The number of nitrogens with zero attached hydrogens (tertiary/aromatic N) is 5. The Morgan fingerprint density at radius 3 is 2.84 bits per heavy atom. The lowest BCUT2D eigenvalue weighted by Gasteiger charge is -2.23. The van der Waals surface area contributed by atoms with E-state index in [1.807, 2.05) is 48.5 Å². The molecule has 5 rings (SSSR count). The number of fused-ring (bicyclic) bond motifs is 1. The fourth-order valence-electron chi connectivity index (χ4n) is 4.21. The predicted molar refractivity (Wildman–Crippen MR) is 122 cm³/mol. The normalized spacial score (nSPS) is 16.4. The molecule has 4 aromatic rings. The Kier molecular flexibility index (Phi) is 5.85. The van der Waals surface area contributed by atoms with Crippen LogP contribution in [-0.2, 0) is 11.2 Å². The molecule has 0 saturated carbocycles. The molecule has 1 aliphatic heterocycles. The van der Waals surface area contributed by atoms with Gasteiger partial charge in [0.05, 0.1) is 29.3 Å². The molecule has 0 spiro atoms. The van der Waals surface area contributed by atoms with Gasteiger partial charge in [-0.1, -0.05) is 18.2 Å². The number of hydrogen-bond donors (Lipinski definition) is 2. The van der Waals surface area contributed by atoms with Gasteiger partial charge in [0.25, 0.3) is 0 Å². The Balaban J connectivity index is 1.18. The molecule has 1 saturated heterocycles. The monoisotopic (exact) mass is 427 g/mol. The summed E-state index contributed by atoms with van der Waals surface area (Å²) in [5.41, 5.74) is 3.66. The summed E-state index contributed by atoms with van der Waals surface area (Å²) in [6.45, 7) is 1.78. The van der Waals surface area contributed by atoms with Crippen LogP contribution >= 0.6 is 0 Å². The van der Waals surface area contributed by atoms with Gasteiger partial charge in [0, 0.05) is 25.4 Å². The number of para-hydroxylation sites is 2. The van der Waals surface area contributed by atoms with Crippen LogP contribution in [0.2, 0.25) is 0 Å². The van der Waals surface area contributed by atoms with Gasteiger partial charge in [0.1, 0.15) is 11.5 Å². The van der Waals surface area contributed by atoms with Gasteiger partial charge in [0.15, 0.2) is 5.82 Å². The molecule has 2 N–H and O–H groups in total. The highest BCUT2D eigenvalue weighted by Crippen LogP contribution is 2.30. The molecular formula is C24H25N7O. The van der Waals surface area contributed by atoms with Crippen molar-refractivity contribution in [1.82, 2.24) is 35.1 Å². The van der Waals surface area contributed by atoms with Gasteiger partial charge < -0.3 is 10.3 Å². The maximum absolute atomic E-state index is 12.6. The number of aromatic amines is 1. The lowest BCUT2D eigenvalue weighted by atomic mass is 10.1. The molecule has 1 atom stereocenters. The number of carbonyl (C=O) groups is 1. The summed E-state index contributed by atoms with van der Waals surface area (Å²) in [6, 6.07) is 15.7. The fraction of sp³-hybridized carbons (Fsp3) is 0.292. The SMILES string of the molecule is O=C(CN1CCC[C@H]1c1ccnc(-c2ccccn2)n1)NCCc1nc2ccccc2[nH]1. The molecule has 1 amide bonds. The minimum absolute atomic E-state index is 0.0204. The third kappa shape index (κ3) is 4.50. The smallest absolute Gasteiger partial charge is 0.234 e. The molecule has 162 valence electrons. The third-order valence-electron chi connectivity index (χ3n) is 5.75. The van der Waals surface area contributed by atoms with Crippen LogP contribution in [0.5, 0.6) is 0 Å². The highest BCUT2D eigenvalue weighted by atomic mass is 16.2. The molecule has 0 aliphatic carbocycles. The molecule has 3 aromatic heterocycles. The van der Waals surface area contributed by atoms with Crippen LogP contribution in [0.1, 0.15) is 30.4 Å². The number of rotatable bonds is 7. The van der Waals surface area contributed by atoms with Crippen LogP contribution in [0.15, 0.2) is 60.9 Å². The van der Waals surface area contributed by atoms with Crippen LogP contribution in [0.25, 0.3) is 22.6 Å². The van der Waals surface area contributed by atoms with E-state index in [9.17, 15) is 4.79 Å². The number of benzene rings is 1. The largest absolute Gasteiger partial charge is 0.355 e. The van der Waals surface area contributed by atoms with E-state index < -0.39 is 0 Å². The number of imidazole rings is 1. The zero-order valence-corrected chi connectivity index (χ0v) is 17.7. The summed E-state index contributed by atoms with van der Waals surface area (Å²) in [4.78, 5) is 36.1. The van der Waals surface area contributed by atoms with Gasteiger partial charge in [-0.15, -0.1) is 0 Å². The van der Waals surface area contributed by atoms with Gasteiger partial charge >= 0.3 is 0 Å². The van der Waals surface area contributed by atoms with Gasteiger partial charge in [-0.3, -0.25) is 14.7 Å². The Morgan fingerprint density at radius 1 is 1.06 bits per heavy atom. The van der Waals surface area contributed by atoms with Gasteiger partial charge in [0.2, 0.25) is 5.91 Å². The van der Waals surface area contributed by atoms with Crippen molar-refractivity contribution in [2.75, 3.05) is 19.6 Å². The molecule has 0 unspecified atom stereocenters. The number of likely N-dealkylation sites (tertiary alicyclic amines) is 1. The maximum atomic E-state index is 12.6. The van der Waals surface area contributed by atoms with E-state index in [1.54, 1.807) is 12.4 Å². The first kappa shape index (κ1) is 20.3. The summed E-state index contributed by atoms with van der Waals surface area (Å²) in [5, 5.41) is 3.03. The summed E-state index contributed by atoms with van der Waals surface area (Å²) in [7, 11) is 0. The van der Waals surface area contributed by atoms with Crippen LogP contribution < -0.4 is 5.32 Å². The van der Waals surface area contributed by atoms with E-state index in [2.05, 4.69) is 30.2 Å². The summed E-state index contributed by atoms with van der Waals surface area (Å²) >= 11 is 0. The first-order valence-electron chi connectivity index (χ1n) is 10.9. The number of H-pyrrole nitrogens is 1. The minimum atomic E-state index is 0.0204.